The number of hydrogen-bond acceptors (Lipinski definition) is 5. The van der Waals surface area contributed by atoms with Gasteiger partial charge in [-0.3, -0.25) is 4.79 Å². The number of rotatable bonds is 2. The molecule has 1 amide bonds. The van der Waals surface area contributed by atoms with E-state index in [2.05, 4.69) is 4.90 Å². The van der Waals surface area contributed by atoms with Crippen molar-refractivity contribution < 1.29 is 14.3 Å². The van der Waals surface area contributed by atoms with Gasteiger partial charge in [0.15, 0.2) is 5.75 Å². The number of amides is 1. The Balaban J connectivity index is 1.49. The predicted octanol–water partition coefficient (Wildman–Crippen LogP) is 3.74. The Labute approximate surface area is 170 Å². The Bertz CT molecular complexity index is 989. The third kappa shape index (κ3) is 3.43. The van der Waals surface area contributed by atoms with Crippen molar-refractivity contribution in [1.29, 1.82) is 0 Å². The highest BCUT2D eigenvalue weighted by molar-refractivity contribution is 6.04. The molecule has 3 aliphatic rings. The number of ether oxygens (including phenoxy) is 2. The van der Waals surface area contributed by atoms with E-state index in [1.54, 1.807) is 7.11 Å². The van der Waals surface area contributed by atoms with Crippen molar-refractivity contribution in [2.75, 3.05) is 33.3 Å². The number of carbonyl (C=O) groups excluding carboxylic acids is 1. The van der Waals surface area contributed by atoms with Crippen molar-refractivity contribution >= 4 is 17.4 Å². The summed E-state index contributed by atoms with van der Waals surface area (Å²) in [6.45, 7) is 5.05. The maximum atomic E-state index is 12.4. The zero-order valence-corrected chi connectivity index (χ0v) is 16.9. The standard InChI is InChI=1S/C23H25N3O3/c1-15-3-8-19-21(13-15)29-20-14-17(28-2)6-7-18(20)22(24-19)25-9-11-26(12-10-25)23(27)16-4-5-16/h3,6-8,13-14,16H,4-5,9-12H2,1-2H3. The van der Waals surface area contributed by atoms with Crippen LogP contribution in [0.5, 0.6) is 17.2 Å². The average molecular weight is 391 g/mol. The molecule has 0 radical (unpaired) electrons. The summed E-state index contributed by atoms with van der Waals surface area (Å²) in [6.07, 6.45) is 2.10. The first-order chi connectivity index (χ1) is 14.1. The van der Waals surface area contributed by atoms with Crippen LogP contribution in [0.4, 0.5) is 5.69 Å². The van der Waals surface area contributed by atoms with E-state index in [1.165, 1.54) is 0 Å². The van der Waals surface area contributed by atoms with E-state index in [0.717, 1.165) is 78.9 Å². The average Bonchev–Trinajstić information content (AvgIpc) is 3.59. The van der Waals surface area contributed by atoms with Crippen LogP contribution in [0.1, 0.15) is 24.0 Å². The third-order valence-electron chi connectivity index (χ3n) is 5.81. The van der Waals surface area contributed by atoms with Crippen LogP contribution in [0.2, 0.25) is 0 Å². The van der Waals surface area contributed by atoms with Gasteiger partial charge in [0.25, 0.3) is 0 Å². The first-order valence-corrected chi connectivity index (χ1v) is 10.2. The van der Waals surface area contributed by atoms with E-state index in [-0.39, 0.29) is 5.92 Å². The fraction of sp³-hybridized carbons (Fsp3) is 0.391. The normalized spacial score (nSPS) is 18.2. The van der Waals surface area contributed by atoms with E-state index < -0.39 is 0 Å². The van der Waals surface area contributed by atoms with Crippen molar-refractivity contribution in [3.8, 4) is 17.2 Å². The highest BCUT2D eigenvalue weighted by Crippen LogP contribution is 2.40. The second kappa shape index (κ2) is 7.10. The molecular weight excluding hydrogens is 366 g/mol. The Kier molecular flexibility index (Phi) is 4.42. The minimum absolute atomic E-state index is 0.272. The lowest BCUT2D eigenvalue weighted by Crippen LogP contribution is -2.51. The summed E-state index contributed by atoms with van der Waals surface area (Å²) in [7, 11) is 1.65. The van der Waals surface area contributed by atoms with Crippen LogP contribution in [-0.2, 0) is 4.79 Å². The molecule has 29 heavy (non-hydrogen) atoms. The summed E-state index contributed by atoms with van der Waals surface area (Å²) in [6, 6.07) is 11.9. The fourth-order valence-electron chi connectivity index (χ4n) is 3.96. The lowest BCUT2D eigenvalue weighted by molar-refractivity contribution is -0.133. The molecule has 6 nitrogen and oxygen atoms in total. The molecule has 0 spiro atoms. The molecule has 0 unspecified atom stereocenters. The predicted molar refractivity (Wildman–Crippen MR) is 111 cm³/mol. The topological polar surface area (TPSA) is 54.4 Å². The number of aryl methyl sites for hydroxylation is 1. The number of methoxy groups -OCH3 is 1. The highest BCUT2D eigenvalue weighted by Gasteiger charge is 2.35. The molecule has 0 bridgehead atoms. The molecule has 6 heteroatoms. The number of benzene rings is 2. The first-order valence-electron chi connectivity index (χ1n) is 10.2. The molecular formula is C23H25N3O3. The Hall–Kier alpha value is -3.02. The van der Waals surface area contributed by atoms with Crippen molar-refractivity contribution in [1.82, 2.24) is 9.80 Å². The molecule has 0 aromatic heterocycles. The van der Waals surface area contributed by atoms with Gasteiger partial charge in [0, 0.05) is 38.2 Å². The van der Waals surface area contributed by atoms with Crippen LogP contribution in [0.25, 0.3) is 0 Å². The molecule has 0 N–H and O–H groups in total. The summed E-state index contributed by atoms with van der Waals surface area (Å²) in [5.41, 5.74) is 2.89. The molecule has 5 rings (SSSR count). The Morgan fingerprint density at radius 1 is 1.07 bits per heavy atom. The number of aliphatic imine (C=N–C) groups is 1. The number of hydrogen-bond donors (Lipinski definition) is 0. The molecule has 2 aliphatic heterocycles. The van der Waals surface area contributed by atoms with Gasteiger partial charge in [-0.1, -0.05) is 6.07 Å². The Morgan fingerprint density at radius 3 is 2.59 bits per heavy atom. The number of piperazine rings is 1. The largest absolute Gasteiger partial charge is 0.497 e. The van der Waals surface area contributed by atoms with Crippen LogP contribution >= 0.6 is 0 Å². The summed E-state index contributed by atoms with van der Waals surface area (Å²) in [5.74, 6) is 3.72. The Morgan fingerprint density at radius 2 is 1.86 bits per heavy atom. The molecule has 2 aromatic rings. The summed E-state index contributed by atoms with van der Waals surface area (Å²) >= 11 is 0. The summed E-state index contributed by atoms with van der Waals surface area (Å²) in [4.78, 5) is 21.7. The van der Waals surface area contributed by atoms with Crippen LogP contribution in [0.15, 0.2) is 41.4 Å². The van der Waals surface area contributed by atoms with Gasteiger partial charge in [-0.25, -0.2) is 4.99 Å². The summed E-state index contributed by atoms with van der Waals surface area (Å²) in [5, 5.41) is 0. The van der Waals surface area contributed by atoms with Gasteiger partial charge in [0.1, 0.15) is 23.0 Å². The minimum Gasteiger partial charge on any atom is -0.497 e. The highest BCUT2D eigenvalue weighted by atomic mass is 16.5. The van der Waals surface area contributed by atoms with Gasteiger partial charge in [0.2, 0.25) is 5.91 Å². The van der Waals surface area contributed by atoms with E-state index in [1.807, 2.05) is 48.2 Å². The smallest absolute Gasteiger partial charge is 0.225 e. The van der Waals surface area contributed by atoms with Crippen molar-refractivity contribution in [3.63, 3.8) is 0 Å². The van der Waals surface area contributed by atoms with Gasteiger partial charge >= 0.3 is 0 Å². The second-order valence-corrected chi connectivity index (χ2v) is 7.96. The van der Waals surface area contributed by atoms with Crippen LogP contribution in [0.3, 0.4) is 0 Å². The van der Waals surface area contributed by atoms with E-state index in [4.69, 9.17) is 14.5 Å². The minimum atomic E-state index is 0.272. The number of nitrogens with zero attached hydrogens (tertiary/aromatic N) is 3. The molecule has 2 heterocycles. The second-order valence-electron chi connectivity index (χ2n) is 7.96. The van der Waals surface area contributed by atoms with Crippen molar-refractivity contribution in [2.24, 2.45) is 10.9 Å². The maximum Gasteiger partial charge on any atom is 0.225 e. The monoisotopic (exact) mass is 391 g/mol. The fourth-order valence-corrected chi connectivity index (χ4v) is 3.96. The van der Waals surface area contributed by atoms with Crippen LogP contribution < -0.4 is 9.47 Å². The summed E-state index contributed by atoms with van der Waals surface area (Å²) < 4.78 is 11.7. The molecule has 0 atom stereocenters. The van der Waals surface area contributed by atoms with Gasteiger partial charge < -0.3 is 19.3 Å². The van der Waals surface area contributed by atoms with Crippen LogP contribution in [-0.4, -0.2) is 54.8 Å². The van der Waals surface area contributed by atoms with Gasteiger partial charge in [-0.05, 0) is 49.6 Å². The SMILES string of the molecule is COc1ccc2c(c1)Oc1cc(C)ccc1N=C2N1CCN(C(=O)C2CC2)CC1. The maximum absolute atomic E-state index is 12.4. The van der Waals surface area contributed by atoms with Gasteiger partial charge in [0.05, 0.1) is 12.7 Å². The van der Waals surface area contributed by atoms with Gasteiger partial charge in [-0.2, -0.15) is 0 Å². The van der Waals surface area contributed by atoms with Gasteiger partial charge in [-0.15, -0.1) is 0 Å². The van der Waals surface area contributed by atoms with Crippen molar-refractivity contribution in [3.05, 3.63) is 47.5 Å². The van der Waals surface area contributed by atoms with E-state index in [9.17, 15) is 4.79 Å². The quantitative estimate of drug-likeness (QED) is 0.783. The zero-order valence-electron chi connectivity index (χ0n) is 16.9. The van der Waals surface area contributed by atoms with E-state index in [0.29, 0.717) is 5.91 Å². The third-order valence-corrected chi connectivity index (χ3v) is 5.81. The lowest BCUT2D eigenvalue weighted by atomic mass is 10.1. The molecule has 1 saturated heterocycles. The molecule has 1 aliphatic carbocycles. The molecule has 1 saturated carbocycles. The molecule has 2 fully saturated rings. The number of amidine groups is 1. The molecule has 150 valence electrons. The molecule has 2 aromatic carbocycles. The zero-order chi connectivity index (χ0) is 20.0. The lowest BCUT2D eigenvalue weighted by Gasteiger charge is -2.36. The van der Waals surface area contributed by atoms with Crippen LogP contribution in [0, 0.1) is 12.8 Å². The number of carbonyl (C=O) groups is 1. The van der Waals surface area contributed by atoms with Crippen molar-refractivity contribution in [2.45, 2.75) is 19.8 Å². The number of fused-ring (bicyclic) bond motifs is 2. The van der Waals surface area contributed by atoms with E-state index >= 15 is 0 Å². The first kappa shape index (κ1) is 18.0.